The van der Waals surface area contributed by atoms with E-state index in [2.05, 4.69) is 4.98 Å². The molecule has 1 aromatic carbocycles. The SMILES string of the molecule is COc1ccc(CCN(C)C(=O)c2cc(S(=O)(=O)N3CCCC3)c[nH]2)cc1OC. The zero-order valence-corrected chi connectivity index (χ0v) is 17.8. The molecule has 2 aromatic rings. The van der Waals surface area contributed by atoms with E-state index in [0.717, 1.165) is 18.4 Å². The number of hydrogen-bond acceptors (Lipinski definition) is 5. The van der Waals surface area contributed by atoms with Crippen LogP contribution in [0, 0.1) is 0 Å². The molecule has 9 heteroatoms. The highest BCUT2D eigenvalue weighted by molar-refractivity contribution is 7.89. The van der Waals surface area contributed by atoms with Crippen molar-refractivity contribution in [3.8, 4) is 11.5 Å². The second-order valence-electron chi connectivity index (χ2n) is 7.03. The number of ether oxygens (including phenoxy) is 2. The van der Waals surface area contributed by atoms with Crippen LogP contribution in [0.25, 0.3) is 0 Å². The molecule has 3 rings (SSSR count). The number of sulfonamides is 1. The van der Waals surface area contributed by atoms with Crippen molar-refractivity contribution in [1.29, 1.82) is 0 Å². The number of hydrogen-bond donors (Lipinski definition) is 1. The van der Waals surface area contributed by atoms with Crippen LogP contribution in [0.15, 0.2) is 35.4 Å². The van der Waals surface area contributed by atoms with Crippen LogP contribution in [0.4, 0.5) is 0 Å². The number of amides is 1. The molecule has 0 spiro atoms. The van der Waals surface area contributed by atoms with E-state index in [1.165, 1.54) is 16.6 Å². The van der Waals surface area contributed by atoms with Gasteiger partial charge < -0.3 is 19.4 Å². The maximum atomic E-state index is 12.7. The molecule has 0 atom stereocenters. The van der Waals surface area contributed by atoms with Gasteiger partial charge in [0.15, 0.2) is 11.5 Å². The Morgan fingerprint density at radius 3 is 2.48 bits per heavy atom. The average Bonchev–Trinajstić information content (AvgIpc) is 3.44. The molecule has 0 unspecified atom stereocenters. The van der Waals surface area contributed by atoms with Gasteiger partial charge in [0.2, 0.25) is 10.0 Å². The highest BCUT2D eigenvalue weighted by atomic mass is 32.2. The minimum absolute atomic E-state index is 0.135. The van der Waals surface area contributed by atoms with Gasteiger partial charge in [-0.1, -0.05) is 6.07 Å². The lowest BCUT2D eigenvalue weighted by molar-refractivity contribution is 0.0791. The van der Waals surface area contributed by atoms with Crippen LogP contribution in [-0.2, 0) is 16.4 Å². The number of carbonyl (C=O) groups excluding carboxylic acids is 1. The third-order valence-electron chi connectivity index (χ3n) is 5.12. The van der Waals surface area contributed by atoms with E-state index < -0.39 is 10.0 Å². The molecule has 1 aromatic heterocycles. The van der Waals surface area contributed by atoms with Gasteiger partial charge in [-0.2, -0.15) is 4.31 Å². The molecule has 0 aliphatic carbocycles. The smallest absolute Gasteiger partial charge is 0.270 e. The van der Waals surface area contributed by atoms with E-state index in [9.17, 15) is 13.2 Å². The van der Waals surface area contributed by atoms with E-state index in [-0.39, 0.29) is 16.5 Å². The van der Waals surface area contributed by atoms with Crippen LogP contribution in [0.5, 0.6) is 11.5 Å². The summed E-state index contributed by atoms with van der Waals surface area (Å²) >= 11 is 0. The van der Waals surface area contributed by atoms with Crippen molar-refractivity contribution >= 4 is 15.9 Å². The molecule has 1 aliphatic heterocycles. The molecule has 1 fully saturated rings. The predicted octanol–water partition coefficient (Wildman–Crippen LogP) is 2.13. The largest absolute Gasteiger partial charge is 0.493 e. The van der Waals surface area contributed by atoms with Crippen LogP contribution < -0.4 is 9.47 Å². The lowest BCUT2D eigenvalue weighted by Gasteiger charge is -2.17. The number of likely N-dealkylation sites (N-methyl/N-ethyl adjacent to an activating group) is 1. The van der Waals surface area contributed by atoms with Crippen LogP contribution in [0.3, 0.4) is 0 Å². The number of nitrogens with zero attached hydrogens (tertiary/aromatic N) is 2. The van der Waals surface area contributed by atoms with Gasteiger partial charge in [-0.15, -0.1) is 0 Å². The summed E-state index contributed by atoms with van der Waals surface area (Å²) in [6, 6.07) is 7.06. The Bertz CT molecular complexity index is 964. The van der Waals surface area contributed by atoms with Crippen molar-refractivity contribution in [2.75, 3.05) is 40.9 Å². The van der Waals surface area contributed by atoms with Crippen LogP contribution in [-0.4, -0.2) is 69.4 Å². The van der Waals surface area contributed by atoms with Gasteiger partial charge in [-0.25, -0.2) is 8.42 Å². The third-order valence-corrected chi connectivity index (χ3v) is 7.00. The summed E-state index contributed by atoms with van der Waals surface area (Å²) in [4.78, 5) is 17.2. The molecular formula is C20H27N3O5S. The molecule has 1 saturated heterocycles. The quantitative estimate of drug-likeness (QED) is 0.705. The van der Waals surface area contributed by atoms with Crippen molar-refractivity contribution < 1.29 is 22.7 Å². The van der Waals surface area contributed by atoms with Crippen molar-refractivity contribution in [3.05, 3.63) is 41.7 Å². The highest BCUT2D eigenvalue weighted by Gasteiger charge is 2.29. The van der Waals surface area contributed by atoms with Crippen LogP contribution in [0.2, 0.25) is 0 Å². The topological polar surface area (TPSA) is 91.9 Å². The first-order chi connectivity index (χ1) is 13.9. The molecule has 1 amide bonds. The Morgan fingerprint density at radius 2 is 1.83 bits per heavy atom. The van der Waals surface area contributed by atoms with Gasteiger partial charge in [0, 0.05) is 32.9 Å². The first-order valence-electron chi connectivity index (χ1n) is 9.51. The second-order valence-corrected chi connectivity index (χ2v) is 8.96. The Kier molecular flexibility index (Phi) is 6.49. The number of aromatic nitrogens is 1. The van der Waals surface area contributed by atoms with Gasteiger partial charge in [0.25, 0.3) is 5.91 Å². The fraction of sp³-hybridized carbons (Fsp3) is 0.450. The van der Waals surface area contributed by atoms with Gasteiger partial charge in [-0.3, -0.25) is 4.79 Å². The van der Waals surface area contributed by atoms with Crippen molar-refractivity contribution in [1.82, 2.24) is 14.2 Å². The maximum Gasteiger partial charge on any atom is 0.270 e. The fourth-order valence-corrected chi connectivity index (χ4v) is 4.88. The Labute approximate surface area is 171 Å². The molecule has 0 bridgehead atoms. The van der Waals surface area contributed by atoms with Gasteiger partial charge in [0.05, 0.1) is 14.2 Å². The van der Waals surface area contributed by atoms with Gasteiger partial charge >= 0.3 is 0 Å². The number of benzene rings is 1. The normalized spacial score (nSPS) is 14.7. The number of methoxy groups -OCH3 is 2. The molecule has 158 valence electrons. The standard InChI is InChI=1S/C20H27N3O5S/c1-22(11-8-15-6-7-18(27-2)19(12-15)28-3)20(24)17-13-16(14-21-17)29(25,26)23-9-4-5-10-23/h6-7,12-14,21H,4-5,8-11H2,1-3H3. The van der Waals surface area contributed by atoms with Crippen LogP contribution in [0.1, 0.15) is 28.9 Å². The number of nitrogens with one attached hydrogen (secondary N) is 1. The summed E-state index contributed by atoms with van der Waals surface area (Å²) < 4.78 is 37.2. The molecule has 0 radical (unpaired) electrons. The average molecular weight is 422 g/mol. The summed E-state index contributed by atoms with van der Waals surface area (Å²) in [6.45, 7) is 1.53. The predicted molar refractivity (Wildman–Crippen MR) is 109 cm³/mol. The second kappa shape index (κ2) is 8.87. The zero-order valence-electron chi connectivity index (χ0n) is 17.0. The van der Waals surface area contributed by atoms with E-state index in [1.54, 1.807) is 26.2 Å². The minimum Gasteiger partial charge on any atom is -0.493 e. The minimum atomic E-state index is -3.54. The zero-order chi connectivity index (χ0) is 21.0. The Balaban J connectivity index is 1.64. The van der Waals surface area contributed by atoms with Crippen LogP contribution >= 0.6 is 0 Å². The lowest BCUT2D eigenvalue weighted by Crippen LogP contribution is -2.29. The van der Waals surface area contributed by atoms with E-state index in [4.69, 9.17) is 9.47 Å². The molecule has 0 saturated carbocycles. The number of H-pyrrole nitrogens is 1. The molecule has 2 heterocycles. The van der Waals surface area contributed by atoms with E-state index in [0.29, 0.717) is 37.6 Å². The summed E-state index contributed by atoms with van der Waals surface area (Å²) in [5, 5.41) is 0. The van der Waals surface area contributed by atoms with Gasteiger partial charge in [-0.05, 0) is 43.0 Å². The molecular weight excluding hydrogens is 394 g/mol. The van der Waals surface area contributed by atoms with E-state index in [1.807, 2.05) is 18.2 Å². The van der Waals surface area contributed by atoms with Crippen molar-refractivity contribution in [2.45, 2.75) is 24.2 Å². The Hall–Kier alpha value is -2.52. The summed E-state index contributed by atoms with van der Waals surface area (Å²) in [5.74, 6) is 1.03. The number of carbonyl (C=O) groups is 1. The first-order valence-corrected chi connectivity index (χ1v) is 11.0. The summed E-state index contributed by atoms with van der Waals surface area (Å²) in [5.41, 5.74) is 1.27. The molecule has 1 N–H and O–H groups in total. The van der Waals surface area contributed by atoms with Crippen molar-refractivity contribution in [3.63, 3.8) is 0 Å². The third kappa shape index (κ3) is 4.56. The summed E-state index contributed by atoms with van der Waals surface area (Å²) in [7, 11) is 1.31. The lowest BCUT2D eigenvalue weighted by atomic mass is 10.1. The highest BCUT2D eigenvalue weighted by Crippen LogP contribution is 2.28. The number of rotatable bonds is 8. The first kappa shape index (κ1) is 21.2. The molecule has 8 nitrogen and oxygen atoms in total. The number of aromatic amines is 1. The summed E-state index contributed by atoms with van der Waals surface area (Å²) in [6.07, 6.45) is 3.76. The van der Waals surface area contributed by atoms with Crippen molar-refractivity contribution in [2.24, 2.45) is 0 Å². The maximum absolute atomic E-state index is 12.7. The van der Waals surface area contributed by atoms with Gasteiger partial charge in [0.1, 0.15) is 10.6 Å². The molecule has 1 aliphatic rings. The monoisotopic (exact) mass is 421 g/mol. The molecule has 29 heavy (non-hydrogen) atoms. The van der Waals surface area contributed by atoms with E-state index >= 15 is 0 Å². The Morgan fingerprint density at radius 1 is 1.14 bits per heavy atom. The fourth-order valence-electron chi connectivity index (χ4n) is 3.36.